The largest absolute Gasteiger partial charge is 0.394 e. The van der Waals surface area contributed by atoms with Crippen molar-refractivity contribution in [3.8, 4) is 0 Å². The number of fused-ring (bicyclic) bond motifs is 1. The molecule has 3 N–H and O–H groups in total. The smallest absolute Gasteiger partial charge is 0.167 e. The van der Waals surface area contributed by atoms with Gasteiger partial charge in [0.2, 0.25) is 0 Å². The topological polar surface area (TPSA) is 105 Å². The van der Waals surface area contributed by atoms with Gasteiger partial charge in [-0.15, -0.1) is 0 Å². The molecular weight excluding hydrogens is 394 g/mol. The first-order valence-electron chi connectivity index (χ1n) is 10.2. The van der Waals surface area contributed by atoms with Crippen LogP contribution in [0.15, 0.2) is 73.3 Å². The number of nitrogens with one attached hydrogen (secondary N) is 1. The van der Waals surface area contributed by atoms with Crippen LogP contribution >= 0.6 is 0 Å². The Morgan fingerprint density at radius 2 is 1.68 bits per heavy atom. The summed E-state index contributed by atoms with van der Waals surface area (Å²) >= 11 is 0. The van der Waals surface area contributed by atoms with E-state index in [0.717, 1.165) is 11.1 Å². The number of rotatable bonds is 6. The number of nitrogens with zero attached hydrogens (tertiary/aromatic N) is 4. The zero-order chi connectivity index (χ0) is 21.2. The van der Waals surface area contributed by atoms with Gasteiger partial charge in [0.15, 0.2) is 23.2 Å². The van der Waals surface area contributed by atoms with Crippen molar-refractivity contribution in [1.29, 1.82) is 0 Å². The molecule has 0 amide bonds. The highest BCUT2D eigenvalue weighted by Crippen LogP contribution is 2.33. The van der Waals surface area contributed by atoms with Crippen LogP contribution in [-0.4, -0.2) is 48.5 Å². The molecule has 158 valence electrons. The lowest BCUT2D eigenvalue weighted by Crippen LogP contribution is -2.19. The van der Waals surface area contributed by atoms with Crippen LogP contribution in [0.4, 0.5) is 5.82 Å². The summed E-state index contributed by atoms with van der Waals surface area (Å²) in [6, 6.07) is 20.2. The molecule has 8 nitrogen and oxygen atoms in total. The number of aliphatic hydroxyl groups is 2. The molecule has 5 rings (SSSR count). The summed E-state index contributed by atoms with van der Waals surface area (Å²) in [5.41, 5.74) is 3.34. The molecule has 3 atom stereocenters. The first-order chi connectivity index (χ1) is 15.2. The lowest BCUT2D eigenvalue weighted by Gasteiger charge is -2.21. The Labute approximate surface area is 179 Å². The van der Waals surface area contributed by atoms with Gasteiger partial charge in [-0.1, -0.05) is 60.7 Å². The number of hydrogen-bond acceptors (Lipinski definition) is 7. The maximum absolute atomic E-state index is 10.4. The molecule has 1 aliphatic rings. The Balaban J connectivity index is 1.52. The SMILES string of the molecule is OC[C@@H]1CC(O)[C@H](n2cnc3c(NC(c4ccccc4)c4ccccc4)ncnc32)O1. The van der Waals surface area contributed by atoms with Gasteiger partial charge >= 0.3 is 0 Å². The van der Waals surface area contributed by atoms with Crippen LogP contribution in [0.5, 0.6) is 0 Å². The fourth-order valence-electron chi connectivity index (χ4n) is 4.03. The van der Waals surface area contributed by atoms with Crippen LogP contribution < -0.4 is 5.32 Å². The van der Waals surface area contributed by atoms with Gasteiger partial charge in [-0.05, 0) is 11.1 Å². The zero-order valence-corrected chi connectivity index (χ0v) is 16.7. The molecule has 1 aliphatic heterocycles. The van der Waals surface area contributed by atoms with Crippen LogP contribution in [0.25, 0.3) is 11.2 Å². The molecule has 31 heavy (non-hydrogen) atoms. The lowest BCUT2D eigenvalue weighted by molar-refractivity contribution is -0.0486. The Morgan fingerprint density at radius 1 is 1.00 bits per heavy atom. The molecule has 0 bridgehead atoms. The number of ether oxygens (including phenoxy) is 1. The van der Waals surface area contributed by atoms with Crippen molar-refractivity contribution in [2.75, 3.05) is 11.9 Å². The summed E-state index contributed by atoms with van der Waals surface area (Å²) in [5.74, 6) is 0.590. The minimum Gasteiger partial charge on any atom is -0.394 e. The lowest BCUT2D eigenvalue weighted by atomic mass is 9.99. The van der Waals surface area contributed by atoms with Crippen LogP contribution in [0.1, 0.15) is 29.8 Å². The van der Waals surface area contributed by atoms with E-state index in [2.05, 4.69) is 44.5 Å². The molecule has 4 aromatic rings. The minimum atomic E-state index is -0.748. The van der Waals surface area contributed by atoms with Crippen molar-refractivity contribution in [3.63, 3.8) is 0 Å². The molecule has 0 radical (unpaired) electrons. The van der Waals surface area contributed by atoms with Gasteiger partial charge in [-0.3, -0.25) is 4.57 Å². The van der Waals surface area contributed by atoms with Gasteiger partial charge in [0.1, 0.15) is 12.4 Å². The average molecular weight is 417 g/mol. The Kier molecular flexibility index (Phi) is 5.33. The molecule has 0 saturated carbocycles. The fraction of sp³-hybridized carbons (Fsp3) is 0.261. The second-order valence-corrected chi connectivity index (χ2v) is 7.58. The van der Waals surface area contributed by atoms with E-state index in [0.29, 0.717) is 23.4 Å². The summed E-state index contributed by atoms with van der Waals surface area (Å²) in [5, 5.41) is 23.3. The van der Waals surface area contributed by atoms with Gasteiger partial charge in [0.05, 0.1) is 25.1 Å². The number of benzene rings is 2. The fourth-order valence-corrected chi connectivity index (χ4v) is 4.03. The van der Waals surface area contributed by atoms with Crippen molar-refractivity contribution in [2.45, 2.75) is 30.9 Å². The molecule has 8 heteroatoms. The van der Waals surface area contributed by atoms with Crippen molar-refractivity contribution < 1.29 is 14.9 Å². The summed E-state index contributed by atoms with van der Waals surface area (Å²) in [7, 11) is 0. The van der Waals surface area contributed by atoms with Gasteiger partial charge < -0.3 is 20.3 Å². The van der Waals surface area contributed by atoms with E-state index >= 15 is 0 Å². The molecule has 1 unspecified atom stereocenters. The standard InChI is InChI=1S/C23H23N5O3/c29-12-17-11-18(30)23(31-17)28-14-26-20-21(24-13-25-22(20)28)27-19(15-7-3-1-4-8-15)16-9-5-2-6-10-16/h1-10,13-14,17-19,23,29-30H,11-12H2,(H,24,25,27)/t17-,18?,23+/m0/s1. The normalized spacial score (nSPS) is 21.1. The zero-order valence-electron chi connectivity index (χ0n) is 16.7. The number of hydrogen-bond donors (Lipinski definition) is 3. The summed E-state index contributed by atoms with van der Waals surface area (Å²) < 4.78 is 7.47. The predicted molar refractivity (Wildman–Crippen MR) is 115 cm³/mol. The minimum absolute atomic E-state index is 0.127. The predicted octanol–water partition coefficient (Wildman–Crippen LogP) is 2.67. The number of anilines is 1. The van der Waals surface area contributed by atoms with Gasteiger partial charge in [0.25, 0.3) is 0 Å². The van der Waals surface area contributed by atoms with Crippen LogP contribution in [0.3, 0.4) is 0 Å². The van der Waals surface area contributed by atoms with Crippen LogP contribution in [0.2, 0.25) is 0 Å². The molecule has 1 fully saturated rings. The molecule has 2 aromatic carbocycles. The van der Waals surface area contributed by atoms with E-state index in [9.17, 15) is 10.2 Å². The maximum atomic E-state index is 10.4. The van der Waals surface area contributed by atoms with E-state index in [1.807, 2.05) is 36.4 Å². The second-order valence-electron chi connectivity index (χ2n) is 7.58. The molecule has 0 spiro atoms. The maximum Gasteiger partial charge on any atom is 0.167 e. The molecule has 1 saturated heterocycles. The van der Waals surface area contributed by atoms with Crippen LogP contribution in [-0.2, 0) is 4.74 Å². The third-order valence-corrected chi connectivity index (χ3v) is 5.55. The number of aromatic nitrogens is 4. The average Bonchev–Trinajstić information content (AvgIpc) is 3.42. The Hall–Kier alpha value is -3.33. The Bertz CT molecular complexity index is 1110. The first kappa shape index (κ1) is 19.6. The molecule has 2 aromatic heterocycles. The van der Waals surface area contributed by atoms with Crippen molar-refractivity contribution in [3.05, 3.63) is 84.4 Å². The Morgan fingerprint density at radius 3 is 2.29 bits per heavy atom. The molecule has 0 aliphatic carbocycles. The van der Waals surface area contributed by atoms with Gasteiger partial charge in [-0.25, -0.2) is 15.0 Å². The first-order valence-corrected chi connectivity index (χ1v) is 10.2. The summed E-state index contributed by atoms with van der Waals surface area (Å²) in [6.07, 6.45) is 1.63. The van der Waals surface area contributed by atoms with Crippen molar-refractivity contribution >= 4 is 17.0 Å². The summed E-state index contributed by atoms with van der Waals surface area (Å²) in [6.45, 7) is -0.141. The van der Waals surface area contributed by atoms with Gasteiger partial charge in [-0.2, -0.15) is 0 Å². The highest BCUT2D eigenvalue weighted by Gasteiger charge is 2.36. The number of imidazole rings is 1. The quantitative estimate of drug-likeness (QED) is 0.443. The van der Waals surface area contributed by atoms with E-state index in [1.54, 1.807) is 10.9 Å². The van der Waals surface area contributed by atoms with E-state index in [1.165, 1.54) is 6.33 Å². The van der Waals surface area contributed by atoms with Crippen molar-refractivity contribution in [2.24, 2.45) is 0 Å². The van der Waals surface area contributed by atoms with Crippen LogP contribution in [0, 0.1) is 0 Å². The third kappa shape index (κ3) is 3.76. The third-order valence-electron chi connectivity index (χ3n) is 5.55. The molecule has 3 heterocycles. The number of aliphatic hydroxyl groups excluding tert-OH is 2. The summed E-state index contributed by atoms with van der Waals surface area (Å²) in [4.78, 5) is 13.3. The highest BCUT2D eigenvalue weighted by atomic mass is 16.5. The monoisotopic (exact) mass is 417 g/mol. The van der Waals surface area contributed by atoms with E-state index < -0.39 is 18.4 Å². The van der Waals surface area contributed by atoms with Gasteiger partial charge in [0, 0.05) is 6.42 Å². The van der Waals surface area contributed by atoms with E-state index in [-0.39, 0.29) is 12.6 Å². The molecular formula is C23H23N5O3. The van der Waals surface area contributed by atoms with Crippen molar-refractivity contribution in [1.82, 2.24) is 19.5 Å². The highest BCUT2D eigenvalue weighted by molar-refractivity contribution is 5.83. The second kappa shape index (κ2) is 8.43. The van der Waals surface area contributed by atoms with E-state index in [4.69, 9.17) is 4.74 Å².